The number of Topliss-reactive ketones (excluding diaryl/α,β-unsaturated/α-hetero) is 1. The number of carbonyl (C=O) groups is 3. The highest BCUT2D eigenvalue weighted by molar-refractivity contribution is 5.88. The summed E-state index contributed by atoms with van der Waals surface area (Å²) in [6.45, 7) is 13.3. The Balaban J connectivity index is -0.000000506. The summed E-state index contributed by atoms with van der Waals surface area (Å²) < 4.78 is 0. The summed E-state index contributed by atoms with van der Waals surface area (Å²) in [6.07, 6.45) is 1.43. The SMILES string of the molecule is CC.CC.CCC(C)C(=O)N(C=O)CCC(C)=O. The summed E-state index contributed by atoms with van der Waals surface area (Å²) in [5, 5.41) is 0. The van der Waals surface area contributed by atoms with E-state index >= 15 is 0 Å². The number of ketones is 1. The Bertz CT molecular complexity index is 227. The van der Waals surface area contributed by atoms with Crippen LogP contribution < -0.4 is 0 Å². The Labute approximate surface area is 112 Å². The van der Waals surface area contributed by atoms with Crippen LogP contribution in [0.3, 0.4) is 0 Å². The zero-order chi connectivity index (χ0) is 15.1. The summed E-state index contributed by atoms with van der Waals surface area (Å²) in [4.78, 5) is 33.8. The Morgan fingerprint density at radius 3 is 1.89 bits per heavy atom. The van der Waals surface area contributed by atoms with Gasteiger partial charge in [0.15, 0.2) is 0 Å². The molecule has 0 radical (unpaired) electrons. The topological polar surface area (TPSA) is 54.5 Å². The van der Waals surface area contributed by atoms with Crippen LogP contribution in [0.15, 0.2) is 0 Å². The summed E-state index contributed by atoms with van der Waals surface area (Å²) in [6, 6.07) is 0. The number of hydrogen-bond donors (Lipinski definition) is 0. The van der Waals surface area contributed by atoms with E-state index in [-0.39, 0.29) is 30.6 Å². The molecule has 1 unspecified atom stereocenters. The fourth-order valence-corrected chi connectivity index (χ4v) is 0.950. The van der Waals surface area contributed by atoms with Gasteiger partial charge in [0.05, 0.1) is 0 Å². The van der Waals surface area contributed by atoms with Gasteiger partial charge in [-0.05, 0) is 13.3 Å². The van der Waals surface area contributed by atoms with Crippen molar-refractivity contribution in [3.63, 3.8) is 0 Å². The highest BCUT2D eigenvalue weighted by Crippen LogP contribution is 2.05. The van der Waals surface area contributed by atoms with E-state index in [9.17, 15) is 14.4 Å². The van der Waals surface area contributed by atoms with Gasteiger partial charge in [-0.2, -0.15) is 0 Å². The molecule has 4 nitrogen and oxygen atoms in total. The minimum absolute atomic E-state index is 0.0196. The van der Waals surface area contributed by atoms with E-state index in [2.05, 4.69) is 0 Å². The quantitative estimate of drug-likeness (QED) is 0.689. The molecule has 0 aromatic rings. The van der Waals surface area contributed by atoms with Crippen LogP contribution in [0.1, 0.15) is 61.3 Å². The van der Waals surface area contributed by atoms with Gasteiger partial charge in [-0.3, -0.25) is 19.3 Å². The monoisotopic (exact) mass is 259 g/mol. The number of carbonyl (C=O) groups excluding carboxylic acids is 3. The lowest BCUT2D eigenvalue weighted by molar-refractivity contribution is -0.141. The van der Waals surface area contributed by atoms with Gasteiger partial charge in [-0.15, -0.1) is 0 Å². The van der Waals surface area contributed by atoms with Gasteiger partial charge in [-0.1, -0.05) is 41.5 Å². The second-order valence-electron chi connectivity index (χ2n) is 3.40. The Kier molecular flexibility index (Phi) is 19.4. The molecule has 0 N–H and O–H groups in total. The molecule has 0 spiro atoms. The van der Waals surface area contributed by atoms with E-state index in [1.54, 1.807) is 6.92 Å². The Hall–Kier alpha value is -1.19. The zero-order valence-corrected chi connectivity index (χ0v) is 12.9. The van der Waals surface area contributed by atoms with Crippen LogP contribution >= 0.6 is 0 Å². The van der Waals surface area contributed by atoms with E-state index < -0.39 is 0 Å². The molecule has 0 fully saturated rings. The van der Waals surface area contributed by atoms with Crippen LogP contribution in [-0.2, 0) is 14.4 Å². The number of hydrogen-bond acceptors (Lipinski definition) is 3. The van der Waals surface area contributed by atoms with E-state index in [1.165, 1.54) is 6.92 Å². The number of amides is 2. The van der Waals surface area contributed by atoms with Crippen LogP contribution in [0, 0.1) is 5.92 Å². The van der Waals surface area contributed by atoms with Crippen molar-refractivity contribution < 1.29 is 14.4 Å². The molecule has 18 heavy (non-hydrogen) atoms. The average molecular weight is 259 g/mol. The van der Waals surface area contributed by atoms with Crippen molar-refractivity contribution >= 4 is 18.1 Å². The third-order valence-corrected chi connectivity index (χ3v) is 2.15. The molecule has 0 aliphatic heterocycles. The number of imide groups is 1. The Morgan fingerprint density at radius 2 is 1.61 bits per heavy atom. The van der Waals surface area contributed by atoms with E-state index in [1.807, 2.05) is 34.6 Å². The minimum atomic E-state index is -0.205. The lowest BCUT2D eigenvalue weighted by atomic mass is 10.1. The van der Waals surface area contributed by atoms with Crippen molar-refractivity contribution in [1.29, 1.82) is 0 Å². The predicted octanol–water partition coefficient (Wildman–Crippen LogP) is 3.05. The predicted molar refractivity (Wildman–Crippen MR) is 75.2 cm³/mol. The molecular weight excluding hydrogens is 230 g/mol. The van der Waals surface area contributed by atoms with Crippen LogP contribution in [0.4, 0.5) is 0 Å². The lowest BCUT2D eigenvalue weighted by Crippen LogP contribution is -2.35. The van der Waals surface area contributed by atoms with Crippen molar-refractivity contribution in [2.75, 3.05) is 6.54 Å². The molecule has 0 bridgehead atoms. The number of rotatable bonds is 6. The Morgan fingerprint density at radius 1 is 1.17 bits per heavy atom. The van der Waals surface area contributed by atoms with Crippen LogP contribution in [0.2, 0.25) is 0 Å². The maximum atomic E-state index is 11.5. The van der Waals surface area contributed by atoms with Gasteiger partial charge in [0.25, 0.3) is 0 Å². The molecule has 0 aromatic heterocycles. The molecule has 0 aliphatic rings. The third kappa shape index (κ3) is 11.3. The third-order valence-electron chi connectivity index (χ3n) is 2.15. The molecule has 4 heteroatoms. The molecule has 108 valence electrons. The fraction of sp³-hybridized carbons (Fsp3) is 0.786. The second-order valence-corrected chi connectivity index (χ2v) is 3.40. The molecule has 0 aromatic carbocycles. The first-order chi connectivity index (χ1) is 8.52. The molecule has 0 saturated carbocycles. The lowest BCUT2D eigenvalue weighted by Gasteiger charge is -2.18. The average Bonchev–Trinajstić information content (AvgIpc) is 2.42. The van der Waals surface area contributed by atoms with Gasteiger partial charge >= 0.3 is 0 Å². The maximum absolute atomic E-state index is 11.5. The van der Waals surface area contributed by atoms with Crippen molar-refractivity contribution in [1.82, 2.24) is 4.90 Å². The summed E-state index contributed by atoms with van der Waals surface area (Å²) in [7, 11) is 0. The second kappa shape index (κ2) is 15.8. The van der Waals surface area contributed by atoms with Gasteiger partial charge in [-0.25, -0.2) is 0 Å². The van der Waals surface area contributed by atoms with E-state index in [0.29, 0.717) is 12.8 Å². The van der Waals surface area contributed by atoms with Crippen molar-refractivity contribution in [2.45, 2.75) is 61.3 Å². The van der Waals surface area contributed by atoms with Crippen LogP contribution in [0.25, 0.3) is 0 Å². The largest absolute Gasteiger partial charge is 0.300 e. The molecule has 0 saturated heterocycles. The van der Waals surface area contributed by atoms with E-state index in [4.69, 9.17) is 0 Å². The van der Waals surface area contributed by atoms with E-state index in [0.717, 1.165) is 4.90 Å². The highest BCUT2D eigenvalue weighted by atomic mass is 16.2. The number of nitrogens with zero attached hydrogens (tertiary/aromatic N) is 1. The smallest absolute Gasteiger partial charge is 0.231 e. The normalized spacial score (nSPS) is 9.94. The van der Waals surface area contributed by atoms with Crippen LogP contribution in [-0.4, -0.2) is 29.5 Å². The molecule has 2 amide bonds. The van der Waals surface area contributed by atoms with Gasteiger partial charge in [0.1, 0.15) is 5.78 Å². The van der Waals surface area contributed by atoms with Gasteiger partial charge in [0.2, 0.25) is 12.3 Å². The van der Waals surface area contributed by atoms with Crippen molar-refractivity contribution in [3.05, 3.63) is 0 Å². The highest BCUT2D eigenvalue weighted by Gasteiger charge is 2.18. The first-order valence-electron chi connectivity index (χ1n) is 6.78. The van der Waals surface area contributed by atoms with Crippen LogP contribution in [0.5, 0.6) is 0 Å². The molecule has 0 rings (SSSR count). The van der Waals surface area contributed by atoms with Gasteiger partial charge in [0, 0.05) is 18.9 Å². The molecule has 0 heterocycles. The van der Waals surface area contributed by atoms with Gasteiger partial charge < -0.3 is 0 Å². The maximum Gasteiger partial charge on any atom is 0.231 e. The van der Waals surface area contributed by atoms with Crippen molar-refractivity contribution in [2.24, 2.45) is 5.92 Å². The minimum Gasteiger partial charge on any atom is -0.300 e. The molecular formula is C14H29NO3. The van der Waals surface area contributed by atoms with Crippen molar-refractivity contribution in [3.8, 4) is 0 Å². The fourth-order valence-electron chi connectivity index (χ4n) is 0.950. The first-order valence-corrected chi connectivity index (χ1v) is 6.78. The zero-order valence-electron chi connectivity index (χ0n) is 12.9. The molecule has 1 atom stereocenters. The first kappa shape index (κ1) is 22.0. The summed E-state index contributed by atoms with van der Waals surface area (Å²) in [5.74, 6) is -0.385. The summed E-state index contributed by atoms with van der Waals surface area (Å²) >= 11 is 0. The summed E-state index contributed by atoms with van der Waals surface area (Å²) in [5.41, 5.74) is 0. The standard InChI is InChI=1S/C10H17NO3.2C2H6/c1-4-8(2)10(14)11(7-12)6-5-9(3)13;2*1-2/h7-8H,4-6H2,1-3H3;2*1-2H3. The molecule has 0 aliphatic carbocycles.